The van der Waals surface area contributed by atoms with Crippen molar-refractivity contribution in [2.24, 2.45) is 0 Å². The van der Waals surface area contributed by atoms with Crippen molar-refractivity contribution in [3.05, 3.63) is 63.8 Å². The number of benzene rings is 2. The summed E-state index contributed by atoms with van der Waals surface area (Å²) in [7, 11) is 0. The lowest BCUT2D eigenvalue weighted by molar-refractivity contribution is 0.249. The number of carbonyl (C=O) groups is 1. The van der Waals surface area contributed by atoms with Crippen molar-refractivity contribution in [3.8, 4) is 0 Å². The molecule has 0 saturated heterocycles. The van der Waals surface area contributed by atoms with Crippen LogP contribution in [0.3, 0.4) is 0 Å². The van der Waals surface area contributed by atoms with Crippen LogP contribution in [-0.4, -0.2) is 6.03 Å². The van der Waals surface area contributed by atoms with E-state index in [0.29, 0.717) is 0 Å². The van der Waals surface area contributed by atoms with Crippen molar-refractivity contribution in [2.45, 2.75) is 26.8 Å². The molecule has 1 heterocycles. The van der Waals surface area contributed by atoms with Crippen molar-refractivity contribution in [3.63, 3.8) is 0 Å². The SMILES string of the molecule is Cc1cc([C@@H](C)NC(=O)Nc2cccc3ccccc23)c(C)s1. The van der Waals surface area contributed by atoms with E-state index in [1.54, 1.807) is 11.3 Å². The Morgan fingerprint density at radius 2 is 1.83 bits per heavy atom. The smallest absolute Gasteiger partial charge is 0.319 e. The fourth-order valence-electron chi connectivity index (χ4n) is 2.85. The van der Waals surface area contributed by atoms with Crippen molar-refractivity contribution in [1.82, 2.24) is 5.32 Å². The lowest BCUT2D eigenvalue weighted by Crippen LogP contribution is -2.31. The number of hydrogen-bond donors (Lipinski definition) is 2. The van der Waals surface area contributed by atoms with E-state index in [-0.39, 0.29) is 12.1 Å². The number of urea groups is 1. The second kappa shape index (κ2) is 6.42. The van der Waals surface area contributed by atoms with Crippen LogP contribution in [-0.2, 0) is 0 Å². The number of amides is 2. The van der Waals surface area contributed by atoms with Crippen molar-refractivity contribution < 1.29 is 4.79 Å². The number of fused-ring (bicyclic) bond motifs is 1. The van der Waals surface area contributed by atoms with E-state index in [9.17, 15) is 4.79 Å². The van der Waals surface area contributed by atoms with E-state index < -0.39 is 0 Å². The van der Waals surface area contributed by atoms with Crippen LogP contribution in [0.15, 0.2) is 48.5 Å². The molecule has 3 nitrogen and oxygen atoms in total. The highest BCUT2D eigenvalue weighted by atomic mass is 32.1. The molecule has 0 fully saturated rings. The molecule has 3 rings (SSSR count). The summed E-state index contributed by atoms with van der Waals surface area (Å²) in [5.74, 6) is 0. The zero-order valence-electron chi connectivity index (χ0n) is 13.5. The van der Waals surface area contributed by atoms with Crippen molar-refractivity contribution in [2.75, 3.05) is 5.32 Å². The molecule has 4 heteroatoms. The molecular weight excluding hydrogens is 304 g/mol. The van der Waals surface area contributed by atoms with Gasteiger partial charge >= 0.3 is 6.03 Å². The minimum Gasteiger partial charge on any atom is -0.331 e. The van der Waals surface area contributed by atoms with Gasteiger partial charge < -0.3 is 10.6 Å². The van der Waals surface area contributed by atoms with Gasteiger partial charge in [0.05, 0.1) is 11.7 Å². The molecule has 118 valence electrons. The number of carbonyl (C=O) groups excluding carboxylic acids is 1. The van der Waals surface area contributed by atoms with Crippen LogP contribution in [0.1, 0.15) is 28.3 Å². The zero-order chi connectivity index (χ0) is 16.4. The first kappa shape index (κ1) is 15.6. The van der Waals surface area contributed by atoms with Crippen LogP contribution in [0.4, 0.5) is 10.5 Å². The van der Waals surface area contributed by atoms with Crippen LogP contribution >= 0.6 is 11.3 Å². The van der Waals surface area contributed by atoms with Gasteiger partial charge in [0.25, 0.3) is 0 Å². The molecule has 2 N–H and O–H groups in total. The molecule has 0 aliphatic heterocycles. The van der Waals surface area contributed by atoms with E-state index in [4.69, 9.17) is 0 Å². The Kier molecular flexibility index (Phi) is 4.35. The van der Waals surface area contributed by atoms with Gasteiger partial charge in [-0.05, 0) is 43.9 Å². The number of hydrogen-bond acceptors (Lipinski definition) is 2. The molecule has 1 atom stereocenters. The molecule has 23 heavy (non-hydrogen) atoms. The first-order chi connectivity index (χ1) is 11.0. The Hall–Kier alpha value is -2.33. The predicted molar refractivity (Wildman–Crippen MR) is 98.3 cm³/mol. The van der Waals surface area contributed by atoms with E-state index in [2.05, 4.69) is 30.5 Å². The maximum Gasteiger partial charge on any atom is 0.319 e. The predicted octanol–water partition coefficient (Wildman–Crippen LogP) is 5.40. The monoisotopic (exact) mass is 324 g/mol. The van der Waals surface area contributed by atoms with Gasteiger partial charge in [-0.25, -0.2) is 4.79 Å². The van der Waals surface area contributed by atoms with Gasteiger partial charge in [-0.1, -0.05) is 36.4 Å². The second-order valence-electron chi connectivity index (χ2n) is 5.72. The third-order valence-corrected chi connectivity index (χ3v) is 4.91. The van der Waals surface area contributed by atoms with Crippen LogP contribution in [0.2, 0.25) is 0 Å². The minimum absolute atomic E-state index is 0.0186. The van der Waals surface area contributed by atoms with Crippen molar-refractivity contribution in [1.29, 1.82) is 0 Å². The van der Waals surface area contributed by atoms with Gasteiger partial charge in [0.15, 0.2) is 0 Å². The highest BCUT2D eigenvalue weighted by molar-refractivity contribution is 7.12. The molecule has 0 aliphatic rings. The van der Waals surface area contributed by atoms with E-state index in [1.165, 1.54) is 15.3 Å². The second-order valence-corrected chi connectivity index (χ2v) is 7.18. The van der Waals surface area contributed by atoms with Crippen LogP contribution in [0, 0.1) is 13.8 Å². The first-order valence-electron chi connectivity index (χ1n) is 7.67. The number of thiophene rings is 1. The normalized spacial score (nSPS) is 12.1. The maximum absolute atomic E-state index is 12.3. The molecule has 0 bridgehead atoms. The molecule has 0 radical (unpaired) electrons. The van der Waals surface area contributed by atoms with Gasteiger partial charge in [0.2, 0.25) is 0 Å². The minimum atomic E-state index is -0.183. The summed E-state index contributed by atoms with van der Waals surface area (Å²) < 4.78 is 0. The average molecular weight is 324 g/mol. The molecule has 2 aromatic carbocycles. The summed E-state index contributed by atoms with van der Waals surface area (Å²) in [6.45, 7) is 6.19. The molecular formula is C19H20N2OS. The summed E-state index contributed by atoms with van der Waals surface area (Å²) in [4.78, 5) is 14.9. The van der Waals surface area contributed by atoms with Gasteiger partial charge in [0.1, 0.15) is 0 Å². The molecule has 3 aromatic rings. The average Bonchev–Trinajstić information content (AvgIpc) is 2.86. The quantitative estimate of drug-likeness (QED) is 0.665. The Morgan fingerprint density at radius 3 is 2.57 bits per heavy atom. The Balaban J connectivity index is 1.75. The molecule has 0 unspecified atom stereocenters. The molecule has 0 saturated carbocycles. The van der Waals surface area contributed by atoms with Gasteiger partial charge in [-0.15, -0.1) is 11.3 Å². The largest absolute Gasteiger partial charge is 0.331 e. The Labute approximate surface area is 140 Å². The maximum atomic E-state index is 12.3. The highest BCUT2D eigenvalue weighted by Gasteiger charge is 2.14. The fraction of sp³-hybridized carbons (Fsp3) is 0.211. The number of anilines is 1. The summed E-state index contributed by atoms with van der Waals surface area (Å²) in [6.07, 6.45) is 0. The highest BCUT2D eigenvalue weighted by Crippen LogP contribution is 2.27. The molecule has 0 aliphatic carbocycles. The topological polar surface area (TPSA) is 41.1 Å². The number of nitrogens with one attached hydrogen (secondary N) is 2. The standard InChI is InChI=1S/C19H20N2OS/c1-12-11-17(14(3)23-12)13(2)20-19(22)21-18-10-6-8-15-7-4-5-9-16(15)18/h4-11,13H,1-3H3,(H2,20,21,22)/t13-/m1/s1. The van der Waals surface area contributed by atoms with Crippen LogP contribution < -0.4 is 10.6 Å². The first-order valence-corrected chi connectivity index (χ1v) is 8.48. The number of aryl methyl sites for hydroxylation is 2. The summed E-state index contributed by atoms with van der Waals surface area (Å²) in [5, 5.41) is 8.14. The van der Waals surface area contributed by atoms with E-state index in [0.717, 1.165) is 16.5 Å². The van der Waals surface area contributed by atoms with E-state index in [1.807, 2.05) is 49.4 Å². The van der Waals surface area contributed by atoms with Crippen LogP contribution in [0.25, 0.3) is 10.8 Å². The lowest BCUT2D eigenvalue weighted by atomic mass is 10.1. The zero-order valence-corrected chi connectivity index (χ0v) is 14.3. The van der Waals surface area contributed by atoms with Crippen LogP contribution in [0.5, 0.6) is 0 Å². The van der Waals surface area contributed by atoms with Crippen molar-refractivity contribution >= 4 is 33.8 Å². The summed E-state index contributed by atoms with van der Waals surface area (Å²) >= 11 is 1.76. The Bertz CT molecular complexity index is 848. The summed E-state index contributed by atoms with van der Waals surface area (Å²) in [6, 6.07) is 15.9. The van der Waals surface area contributed by atoms with E-state index >= 15 is 0 Å². The summed E-state index contributed by atoms with van der Waals surface area (Å²) in [5.41, 5.74) is 2.01. The number of rotatable bonds is 3. The van der Waals surface area contributed by atoms with Gasteiger partial charge in [0, 0.05) is 15.1 Å². The molecule has 1 aromatic heterocycles. The molecule has 0 spiro atoms. The third-order valence-electron chi connectivity index (χ3n) is 3.93. The lowest BCUT2D eigenvalue weighted by Gasteiger charge is -2.15. The molecule has 2 amide bonds. The van der Waals surface area contributed by atoms with Gasteiger partial charge in [-0.2, -0.15) is 0 Å². The third kappa shape index (κ3) is 3.37. The van der Waals surface area contributed by atoms with Gasteiger partial charge in [-0.3, -0.25) is 0 Å². The Morgan fingerprint density at radius 1 is 1.09 bits per heavy atom. The fourth-order valence-corrected chi connectivity index (χ4v) is 3.87.